The highest BCUT2D eigenvalue weighted by Gasteiger charge is 2.08. The molecule has 0 radical (unpaired) electrons. The van der Waals surface area contributed by atoms with Crippen LogP contribution in [0.3, 0.4) is 0 Å². The lowest BCUT2D eigenvalue weighted by molar-refractivity contribution is 0.858. The molecule has 0 amide bonds. The predicted molar refractivity (Wildman–Crippen MR) is 68.0 cm³/mol. The number of aromatic nitrogens is 3. The van der Waals surface area contributed by atoms with Crippen LogP contribution in [-0.4, -0.2) is 20.6 Å². The third-order valence-corrected chi connectivity index (χ3v) is 3.79. The number of pyridine rings is 1. The van der Waals surface area contributed by atoms with Gasteiger partial charge in [0.25, 0.3) is 0 Å². The lowest BCUT2D eigenvalue weighted by Crippen LogP contribution is -2.07. The van der Waals surface area contributed by atoms with E-state index >= 15 is 0 Å². The maximum atomic E-state index is 4.33. The maximum absolute atomic E-state index is 4.33. The lowest BCUT2D eigenvalue weighted by atomic mass is 10.1. The highest BCUT2D eigenvalue weighted by molar-refractivity contribution is 8.00. The van der Waals surface area contributed by atoms with E-state index in [1.165, 1.54) is 11.5 Å². The first-order chi connectivity index (χ1) is 7.79. The summed E-state index contributed by atoms with van der Waals surface area (Å²) in [5.41, 5.74) is 1.13. The third-order valence-electron chi connectivity index (χ3n) is 2.11. The molecule has 0 saturated carbocycles. The molecule has 0 aliphatic rings. The summed E-state index contributed by atoms with van der Waals surface area (Å²) in [5, 5.41) is 3.25. The van der Waals surface area contributed by atoms with Gasteiger partial charge in [-0.05, 0) is 36.3 Å². The fraction of sp³-hybridized carbons (Fsp3) is 0.300. The van der Waals surface area contributed by atoms with E-state index in [0.717, 1.165) is 9.90 Å². The summed E-state index contributed by atoms with van der Waals surface area (Å²) in [5.74, 6) is 0.686. The zero-order valence-electron chi connectivity index (χ0n) is 9.04. The van der Waals surface area contributed by atoms with Gasteiger partial charge < -0.3 is 5.32 Å². The number of rotatable bonds is 4. The molecule has 0 aliphatic carbocycles. The van der Waals surface area contributed by atoms with Crippen LogP contribution < -0.4 is 5.32 Å². The number of thioether (sulfide) groups is 1. The van der Waals surface area contributed by atoms with Crippen molar-refractivity contribution >= 4 is 29.2 Å². The fourth-order valence-electron chi connectivity index (χ4n) is 1.26. The van der Waals surface area contributed by atoms with E-state index in [0.29, 0.717) is 5.95 Å². The molecular weight excluding hydrogens is 240 g/mol. The van der Waals surface area contributed by atoms with Crippen molar-refractivity contribution in [1.29, 1.82) is 0 Å². The molecule has 84 valence electrons. The van der Waals surface area contributed by atoms with Crippen molar-refractivity contribution in [1.82, 2.24) is 14.3 Å². The van der Waals surface area contributed by atoms with E-state index in [1.807, 2.05) is 24.6 Å². The van der Waals surface area contributed by atoms with Crippen LogP contribution in [-0.2, 0) is 0 Å². The van der Waals surface area contributed by atoms with Gasteiger partial charge in [0.15, 0.2) is 4.34 Å². The highest BCUT2D eigenvalue weighted by atomic mass is 32.2. The molecule has 6 heteroatoms. The van der Waals surface area contributed by atoms with E-state index in [2.05, 4.69) is 26.6 Å². The van der Waals surface area contributed by atoms with Gasteiger partial charge in [0.2, 0.25) is 5.95 Å². The van der Waals surface area contributed by atoms with E-state index in [4.69, 9.17) is 0 Å². The monoisotopic (exact) mass is 252 g/mol. The minimum Gasteiger partial charge on any atom is -0.347 e. The number of hydrogen-bond acceptors (Lipinski definition) is 6. The van der Waals surface area contributed by atoms with E-state index in [-0.39, 0.29) is 6.04 Å². The van der Waals surface area contributed by atoms with Gasteiger partial charge in [0, 0.05) is 12.4 Å². The van der Waals surface area contributed by atoms with Crippen molar-refractivity contribution in [2.45, 2.75) is 17.3 Å². The van der Waals surface area contributed by atoms with E-state index < -0.39 is 0 Å². The Morgan fingerprint density at radius 2 is 2.38 bits per heavy atom. The summed E-state index contributed by atoms with van der Waals surface area (Å²) in [4.78, 5) is 8.42. The first kappa shape index (κ1) is 11.3. The first-order valence-electron chi connectivity index (χ1n) is 4.84. The molecule has 1 atom stereocenters. The van der Waals surface area contributed by atoms with Gasteiger partial charge in [-0.1, -0.05) is 17.8 Å². The second-order valence-electron chi connectivity index (χ2n) is 3.24. The van der Waals surface area contributed by atoms with Gasteiger partial charge in [-0.15, -0.1) is 0 Å². The van der Waals surface area contributed by atoms with Gasteiger partial charge in [0.1, 0.15) is 0 Å². The lowest BCUT2D eigenvalue weighted by Gasteiger charge is -2.11. The quantitative estimate of drug-likeness (QED) is 0.848. The molecule has 2 heterocycles. The predicted octanol–water partition coefficient (Wildman–Crippen LogP) is 2.83. The second-order valence-corrected chi connectivity index (χ2v) is 5.05. The summed E-state index contributed by atoms with van der Waals surface area (Å²) in [6, 6.07) is 4.12. The number of hydrogen-bond donors (Lipinski definition) is 1. The standard InChI is InChI=1S/C10H12N4S2/c1-7(8-4-3-5-11-6-8)12-9-13-10(15-2)16-14-9/h3-7H,1-2H3,(H,12,14). The Hall–Kier alpha value is -1.14. The van der Waals surface area contributed by atoms with Crippen molar-refractivity contribution in [3.63, 3.8) is 0 Å². The van der Waals surface area contributed by atoms with Crippen molar-refractivity contribution < 1.29 is 0 Å². The topological polar surface area (TPSA) is 50.7 Å². The van der Waals surface area contributed by atoms with Gasteiger partial charge in [-0.2, -0.15) is 9.36 Å². The van der Waals surface area contributed by atoms with Crippen molar-refractivity contribution in [3.8, 4) is 0 Å². The molecule has 2 aromatic heterocycles. The zero-order valence-corrected chi connectivity index (χ0v) is 10.7. The largest absolute Gasteiger partial charge is 0.347 e. The molecule has 2 rings (SSSR count). The summed E-state index contributed by atoms with van der Waals surface area (Å²) in [7, 11) is 0. The van der Waals surface area contributed by atoms with Crippen LogP contribution in [0.1, 0.15) is 18.5 Å². The molecule has 4 nitrogen and oxygen atoms in total. The third kappa shape index (κ3) is 2.70. The minimum absolute atomic E-state index is 0.165. The van der Waals surface area contributed by atoms with Crippen LogP contribution in [0.2, 0.25) is 0 Å². The van der Waals surface area contributed by atoms with E-state index in [9.17, 15) is 0 Å². The minimum atomic E-state index is 0.165. The van der Waals surface area contributed by atoms with Gasteiger partial charge in [-0.3, -0.25) is 4.98 Å². The molecule has 16 heavy (non-hydrogen) atoms. The molecule has 1 unspecified atom stereocenters. The first-order valence-corrected chi connectivity index (χ1v) is 6.83. The Morgan fingerprint density at radius 3 is 3.00 bits per heavy atom. The normalized spacial score (nSPS) is 12.4. The van der Waals surface area contributed by atoms with Crippen molar-refractivity contribution in [2.24, 2.45) is 0 Å². The number of nitrogens with one attached hydrogen (secondary N) is 1. The molecule has 0 bridgehead atoms. The van der Waals surface area contributed by atoms with Crippen molar-refractivity contribution in [2.75, 3.05) is 11.6 Å². The highest BCUT2D eigenvalue weighted by Crippen LogP contribution is 2.22. The molecule has 0 spiro atoms. The van der Waals surface area contributed by atoms with Gasteiger partial charge >= 0.3 is 0 Å². The van der Waals surface area contributed by atoms with Crippen LogP contribution in [0.15, 0.2) is 28.9 Å². The van der Waals surface area contributed by atoms with Crippen LogP contribution in [0.4, 0.5) is 5.95 Å². The SMILES string of the molecule is CSc1nc(NC(C)c2cccnc2)ns1. The number of anilines is 1. The van der Waals surface area contributed by atoms with Crippen LogP contribution in [0, 0.1) is 0 Å². The van der Waals surface area contributed by atoms with Crippen molar-refractivity contribution in [3.05, 3.63) is 30.1 Å². The molecule has 1 N–H and O–H groups in total. The van der Waals surface area contributed by atoms with Gasteiger partial charge in [0.05, 0.1) is 6.04 Å². The summed E-state index contributed by atoms with van der Waals surface area (Å²) in [6.45, 7) is 2.07. The average Bonchev–Trinajstić information content (AvgIpc) is 2.78. The average molecular weight is 252 g/mol. The molecule has 0 aliphatic heterocycles. The molecule has 0 aromatic carbocycles. The zero-order chi connectivity index (χ0) is 11.4. The summed E-state index contributed by atoms with van der Waals surface area (Å²) in [6.07, 6.45) is 5.61. The molecule has 2 aromatic rings. The second kappa shape index (κ2) is 5.27. The Balaban J connectivity index is 2.05. The summed E-state index contributed by atoms with van der Waals surface area (Å²) >= 11 is 3.02. The Morgan fingerprint density at radius 1 is 1.50 bits per heavy atom. The van der Waals surface area contributed by atoms with Gasteiger partial charge in [-0.25, -0.2) is 0 Å². The van der Waals surface area contributed by atoms with Crippen LogP contribution in [0.5, 0.6) is 0 Å². The van der Waals surface area contributed by atoms with Crippen LogP contribution in [0.25, 0.3) is 0 Å². The smallest absolute Gasteiger partial charge is 0.236 e. The Bertz CT molecular complexity index is 443. The molecule has 0 saturated heterocycles. The Labute approximate surface area is 103 Å². The number of nitrogens with zero attached hydrogens (tertiary/aromatic N) is 3. The summed E-state index contributed by atoms with van der Waals surface area (Å²) < 4.78 is 5.20. The fourth-order valence-corrected chi connectivity index (χ4v) is 2.23. The van der Waals surface area contributed by atoms with Crippen LogP contribution >= 0.6 is 23.3 Å². The van der Waals surface area contributed by atoms with E-state index in [1.54, 1.807) is 18.0 Å². The molecular formula is C10H12N4S2. The molecule has 0 fully saturated rings. The Kier molecular flexibility index (Phi) is 3.74. The maximum Gasteiger partial charge on any atom is 0.236 e.